The molecule has 5 nitrogen and oxygen atoms in total. The summed E-state index contributed by atoms with van der Waals surface area (Å²) < 4.78 is 1.98. The van der Waals surface area contributed by atoms with E-state index in [9.17, 15) is 0 Å². The second-order valence-electron chi connectivity index (χ2n) is 4.79. The fraction of sp³-hybridized carbons (Fsp3) is 0.0667. The van der Waals surface area contributed by atoms with Crippen LogP contribution in [0.2, 0.25) is 0 Å². The van der Waals surface area contributed by atoms with Crippen molar-refractivity contribution in [3.05, 3.63) is 49.1 Å². The van der Waals surface area contributed by atoms with Crippen LogP contribution in [0.25, 0.3) is 21.9 Å². The zero-order chi connectivity index (χ0) is 13.5. The standard InChI is InChI=1S/C15H13N5/c1-20-9-18-14-13(20)5-7-17-15(14)19-11-2-3-12-10(8-11)4-6-16-12/h2-9,16H,1H3,(H,17,19). The quantitative estimate of drug-likeness (QED) is 0.584. The van der Waals surface area contributed by atoms with E-state index in [1.165, 1.54) is 5.39 Å². The number of benzene rings is 1. The van der Waals surface area contributed by atoms with Crippen LogP contribution in [0.3, 0.4) is 0 Å². The summed E-state index contributed by atoms with van der Waals surface area (Å²) in [4.78, 5) is 12.0. The largest absolute Gasteiger partial charge is 0.361 e. The highest BCUT2D eigenvalue weighted by Gasteiger charge is 2.07. The SMILES string of the molecule is Cn1cnc2c(Nc3ccc4[nH]ccc4c3)nccc21. The molecular weight excluding hydrogens is 250 g/mol. The molecule has 0 aliphatic rings. The maximum atomic E-state index is 4.40. The molecule has 5 heteroatoms. The number of H-pyrrole nitrogens is 1. The first-order valence-corrected chi connectivity index (χ1v) is 6.41. The van der Waals surface area contributed by atoms with Gasteiger partial charge in [0.05, 0.1) is 11.8 Å². The van der Waals surface area contributed by atoms with Gasteiger partial charge in [-0.15, -0.1) is 0 Å². The van der Waals surface area contributed by atoms with Crippen LogP contribution in [-0.2, 0) is 7.05 Å². The van der Waals surface area contributed by atoms with Crippen LogP contribution in [0.5, 0.6) is 0 Å². The first kappa shape index (κ1) is 11.0. The van der Waals surface area contributed by atoms with Gasteiger partial charge in [0.25, 0.3) is 0 Å². The fourth-order valence-electron chi connectivity index (χ4n) is 2.42. The molecule has 2 N–H and O–H groups in total. The molecular formula is C15H13N5. The Balaban J connectivity index is 1.79. The van der Waals surface area contributed by atoms with E-state index in [4.69, 9.17) is 0 Å². The van der Waals surface area contributed by atoms with Gasteiger partial charge in [-0.1, -0.05) is 0 Å². The molecule has 0 atom stereocenters. The summed E-state index contributed by atoms with van der Waals surface area (Å²) in [5.74, 6) is 0.776. The average Bonchev–Trinajstić information content (AvgIpc) is 3.06. The van der Waals surface area contributed by atoms with Crippen molar-refractivity contribution >= 4 is 33.4 Å². The zero-order valence-corrected chi connectivity index (χ0v) is 11.0. The molecule has 0 spiro atoms. The number of fused-ring (bicyclic) bond motifs is 2. The minimum absolute atomic E-state index is 0.776. The first-order valence-electron chi connectivity index (χ1n) is 6.41. The molecule has 4 aromatic rings. The highest BCUT2D eigenvalue weighted by atomic mass is 15.1. The van der Waals surface area contributed by atoms with E-state index in [1.54, 1.807) is 12.5 Å². The van der Waals surface area contributed by atoms with Gasteiger partial charge in [-0.3, -0.25) is 0 Å². The Hall–Kier alpha value is -2.82. The lowest BCUT2D eigenvalue weighted by atomic mass is 10.2. The lowest BCUT2D eigenvalue weighted by Crippen LogP contribution is -1.95. The lowest BCUT2D eigenvalue weighted by Gasteiger charge is -2.06. The molecule has 3 heterocycles. The maximum absolute atomic E-state index is 4.40. The Morgan fingerprint density at radius 2 is 2.10 bits per heavy atom. The van der Waals surface area contributed by atoms with Crippen LogP contribution in [0.1, 0.15) is 0 Å². The molecule has 0 bridgehead atoms. The molecule has 0 radical (unpaired) electrons. The third-order valence-electron chi connectivity index (χ3n) is 3.46. The molecule has 4 rings (SSSR count). The maximum Gasteiger partial charge on any atom is 0.158 e. The molecule has 0 unspecified atom stereocenters. The van der Waals surface area contributed by atoms with Crippen molar-refractivity contribution in [1.82, 2.24) is 19.5 Å². The molecule has 0 saturated carbocycles. The minimum atomic E-state index is 0.776. The number of rotatable bonds is 2. The summed E-state index contributed by atoms with van der Waals surface area (Å²) in [7, 11) is 1.98. The van der Waals surface area contributed by atoms with Crippen LogP contribution in [0.15, 0.2) is 49.1 Å². The molecule has 20 heavy (non-hydrogen) atoms. The Bertz CT molecular complexity index is 903. The second-order valence-corrected chi connectivity index (χ2v) is 4.79. The van der Waals surface area contributed by atoms with Crippen LogP contribution in [0, 0.1) is 0 Å². The second kappa shape index (κ2) is 4.09. The number of hydrogen-bond donors (Lipinski definition) is 2. The Kier molecular flexibility index (Phi) is 2.26. The number of aromatic nitrogens is 4. The highest BCUT2D eigenvalue weighted by Crippen LogP contribution is 2.24. The highest BCUT2D eigenvalue weighted by molar-refractivity contribution is 5.89. The predicted molar refractivity (Wildman–Crippen MR) is 80.1 cm³/mol. The third kappa shape index (κ3) is 1.64. The number of nitrogens with one attached hydrogen (secondary N) is 2. The summed E-state index contributed by atoms with van der Waals surface area (Å²) in [6.45, 7) is 0. The van der Waals surface area contributed by atoms with Crippen molar-refractivity contribution in [3.8, 4) is 0 Å². The molecule has 3 aromatic heterocycles. The number of nitrogens with zero attached hydrogens (tertiary/aromatic N) is 3. The van der Waals surface area contributed by atoms with E-state index in [0.29, 0.717) is 0 Å². The number of anilines is 2. The lowest BCUT2D eigenvalue weighted by molar-refractivity contribution is 0.947. The van der Waals surface area contributed by atoms with E-state index < -0.39 is 0 Å². The van der Waals surface area contributed by atoms with Gasteiger partial charge in [0.2, 0.25) is 0 Å². The van der Waals surface area contributed by atoms with Gasteiger partial charge in [0.15, 0.2) is 5.82 Å². The number of aromatic amines is 1. The summed E-state index contributed by atoms with van der Waals surface area (Å²) in [6.07, 6.45) is 5.53. The molecule has 0 fully saturated rings. The van der Waals surface area contributed by atoms with E-state index >= 15 is 0 Å². The van der Waals surface area contributed by atoms with Crippen LogP contribution >= 0.6 is 0 Å². The topological polar surface area (TPSA) is 58.5 Å². The van der Waals surface area contributed by atoms with Crippen LogP contribution in [-0.4, -0.2) is 19.5 Å². The summed E-state index contributed by atoms with van der Waals surface area (Å²) in [5.41, 5.74) is 4.07. The van der Waals surface area contributed by atoms with Gasteiger partial charge in [0.1, 0.15) is 5.52 Å². The van der Waals surface area contributed by atoms with Gasteiger partial charge in [-0.2, -0.15) is 0 Å². The van der Waals surface area contributed by atoms with Crippen molar-refractivity contribution in [3.63, 3.8) is 0 Å². The van der Waals surface area contributed by atoms with Crippen molar-refractivity contribution in [1.29, 1.82) is 0 Å². The summed E-state index contributed by atoms with van der Waals surface area (Å²) in [6, 6.07) is 10.2. The van der Waals surface area contributed by atoms with Gasteiger partial charge >= 0.3 is 0 Å². The Labute approximate surface area is 115 Å². The molecule has 0 amide bonds. The molecule has 0 aliphatic heterocycles. The number of pyridine rings is 1. The van der Waals surface area contributed by atoms with Gasteiger partial charge in [-0.25, -0.2) is 9.97 Å². The van der Waals surface area contributed by atoms with Gasteiger partial charge in [0, 0.05) is 36.0 Å². The van der Waals surface area contributed by atoms with E-state index in [1.807, 2.05) is 29.9 Å². The average molecular weight is 263 g/mol. The van der Waals surface area contributed by atoms with Crippen molar-refractivity contribution in [2.24, 2.45) is 7.05 Å². The Morgan fingerprint density at radius 3 is 3.05 bits per heavy atom. The minimum Gasteiger partial charge on any atom is -0.361 e. The van der Waals surface area contributed by atoms with Crippen molar-refractivity contribution < 1.29 is 0 Å². The monoisotopic (exact) mass is 263 g/mol. The molecule has 0 aliphatic carbocycles. The predicted octanol–water partition coefficient (Wildman–Crippen LogP) is 3.19. The van der Waals surface area contributed by atoms with Gasteiger partial charge in [-0.05, 0) is 30.3 Å². The summed E-state index contributed by atoms with van der Waals surface area (Å²) >= 11 is 0. The third-order valence-corrected chi connectivity index (χ3v) is 3.46. The number of imidazole rings is 1. The molecule has 0 saturated heterocycles. The van der Waals surface area contributed by atoms with Crippen molar-refractivity contribution in [2.45, 2.75) is 0 Å². The zero-order valence-electron chi connectivity index (χ0n) is 11.0. The van der Waals surface area contributed by atoms with E-state index in [0.717, 1.165) is 28.1 Å². The first-order chi connectivity index (χ1) is 9.81. The summed E-state index contributed by atoms with van der Waals surface area (Å²) in [5, 5.41) is 4.51. The Morgan fingerprint density at radius 1 is 1.15 bits per heavy atom. The van der Waals surface area contributed by atoms with Gasteiger partial charge < -0.3 is 14.9 Å². The fourth-order valence-corrected chi connectivity index (χ4v) is 2.42. The number of hydrogen-bond acceptors (Lipinski definition) is 3. The van der Waals surface area contributed by atoms with Crippen LogP contribution in [0.4, 0.5) is 11.5 Å². The van der Waals surface area contributed by atoms with E-state index in [-0.39, 0.29) is 0 Å². The normalized spacial score (nSPS) is 11.2. The molecule has 98 valence electrons. The van der Waals surface area contributed by atoms with Crippen molar-refractivity contribution in [2.75, 3.05) is 5.32 Å². The van der Waals surface area contributed by atoms with E-state index in [2.05, 4.69) is 38.5 Å². The van der Waals surface area contributed by atoms with Crippen LogP contribution < -0.4 is 5.32 Å². The number of aryl methyl sites for hydroxylation is 1. The molecule has 1 aromatic carbocycles. The smallest absolute Gasteiger partial charge is 0.158 e.